The third-order valence-corrected chi connectivity index (χ3v) is 4.16. The number of nitrogens with one attached hydrogen (secondary N) is 1. The number of aryl methyl sites for hydroxylation is 1. The minimum atomic E-state index is 0.651. The lowest BCUT2D eigenvalue weighted by molar-refractivity contribution is 0.554. The van der Waals surface area contributed by atoms with Crippen molar-refractivity contribution in [1.82, 2.24) is 15.3 Å². The maximum Gasteiger partial charge on any atom is 0.143 e. The van der Waals surface area contributed by atoms with Gasteiger partial charge in [-0.2, -0.15) is 0 Å². The molecule has 0 radical (unpaired) electrons. The first-order chi connectivity index (χ1) is 9.08. The molecule has 0 saturated carbocycles. The highest BCUT2D eigenvalue weighted by molar-refractivity contribution is 7.15. The quantitative estimate of drug-likeness (QED) is 0.909. The fourth-order valence-corrected chi connectivity index (χ4v) is 3.02. The molecule has 2 aromatic rings. The van der Waals surface area contributed by atoms with E-state index < -0.39 is 0 Å². The van der Waals surface area contributed by atoms with Gasteiger partial charge in [0.25, 0.3) is 0 Å². The molecular formula is C14H18ClN3S. The summed E-state index contributed by atoms with van der Waals surface area (Å²) in [5.74, 6) is 0.651. The highest BCUT2D eigenvalue weighted by Crippen LogP contribution is 2.30. The van der Waals surface area contributed by atoms with E-state index in [4.69, 9.17) is 11.6 Å². The van der Waals surface area contributed by atoms with Crippen molar-refractivity contribution in [3.05, 3.63) is 33.9 Å². The first kappa shape index (κ1) is 14.4. The number of halogens is 1. The van der Waals surface area contributed by atoms with E-state index in [9.17, 15) is 0 Å². The van der Waals surface area contributed by atoms with Crippen molar-refractivity contribution in [2.75, 3.05) is 6.54 Å². The maximum absolute atomic E-state index is 6.15. The first-order valence-electron chi connectivity index (χ1n) is 6.36. The lowest BCUT2D eigenvalue weighted by atomic mass is 10.2. The van der Waals surface area contributed by atoms with Crippen molar-refractivity contribution < 1.29 is 0 Å². The van der Waals surface area contributed by atoms with Gasteiger partial charge >= 0.3 is 0 Å². The molecule has 19 heavy (non-hydrogen) atoms. The van der Waals surface area contributed by atoms with Crippen molar-refractivity contribution in [2.24, 2.45) is 5.92 Å². The Morgan fingerprint density at radius 3 is 2.89 bits per heavy atom. The van der Waals surface area contributed by atoms with Crippen molar-refractivity contribution in [2.45, 2.75) is 27.3 Å². The van der Waals surface area contributed by atoms with Crippen LogP contribution < -0.4 is 5.32 Å². The molecule has 0 fully saturated rings. The molecule has 0 spiro atoms. The Hall–Kier alpha value is -0.970. The van der Waals surface area contributed by atoms with Crippen molar-refractivity contribution >= 4 is 22.9 Å². The van der Waals surface area contributed by atoms with Gasteiger partial charge in [-0.05, 0) is 31.5 Å². The van der Waals surface area contributed by atoms with Crippen molar-refractivity contribution in [1.29, 1.82) is 0 Å². The molecule has 2 aromatic heterocycles. The monoisotopic (exact) mass is 295 g/mol. The van der Waals surface area contributed by atoms with Gasteiger partial charge in [-0.25, -0.2) is 4.98 Å². The molecule has 5 heteroatoms. The fourth-order valence-electron chi connectivity index (χ4n) is 1.71. The van der Waals surface area contributed by atoms with Crippen molar-refractivity contribution in [3.8, 4) is 10.7 Å². The molecule has 0 bridgehead atoms. The largest absolute Gasteiger partial charge is 0.312 e. The molecule has 0 aliphatic carbocycles. The standard InChI is InChI=1S/C14H18ClN3S/c1-9(2)7-16-8-12-10(3)18-14(19-12)13-11(15)5-4-6-17-13/h4-6,9,16H,7-8H2,1-3H3. The molecule has 1 N–H and O–H groups in total. The zero-order chi connectivity index (χ0) is 13.8. The van der Waals surface area contributed by atoms with Gasteiger partial charge in [0, 0.05) is 17.6 Å². The van der Waals surface area contributed by atoms with Gasteiger partial charge in [0.05, 0.1) is 10.7 Å². The van der Waals surface area contributed by atoms with Crippen LogP contribution >= 0.6 is 22.9 Å². The molecule has 0 aliphatic heterocycles. The Bertz CT molecular complexity index is 551. The normalized spacial score (nSPS) is 11.2. The zero-order valence-electron chi connectivity index (χ0n) is 11.4. The van der Waals surface area contributed by atoms with E-state index in [0.29, 0.717) is 10.9 Å². The summed E-state index contributed by atoms with van der Waals surface area (Å²) in [7, 11) is 0. The molecule has 0 saturated heterocycles. The summed E-state index contributed by atoms with van der Waals surface area (Å²) in [6.07, 6.45) is 1.74. The summed E-state index contributed by atoms with van der Waals surface area (Å²) in [6, 6.07) is 3.68. The molecule has 0 unspecified atom stereocenters. The van der Waals surface area contributed by atoms with Crippen molar-refractivity contribution in [3.63, 3.8) is 0 Å². The van der Waals surface area contributed by atoms with Crippen LogP contribution in [0.25, 0.3) is 10.7 Å². The Kier molecular flexibility index (Phi) is 4.91. The second-order valence-electron chi connectivity index (χ2n) is 4.89. The van der Waals surface area contributed by atoms with E-state index in [0.717, 1.165) is 29.5 Å². The highest BCUT2D eigenvalue weighted by Gasteiger charge is 2.12. The van der Waals surface area contributed by atoms with E-state index in [1.807, 2.05) is 19.1 Å². The molecule has 0 amide bonds. The number of hydrogen-bond acceptors (Lipinski definition) is 4. The van der Waals surface area contributed by atoms with Gasteiger partial charge in [0.2, 0.25) is 0 Å². The molecular weight excluding hydrogens is 278 g/mol. The summed E-state index contributed by atoms with van der Waals surface area (Å²) in [6.45, 7) is 8.30. The maximum atomic E-state index is 6.15. The van der Waals surface area contributed by atoms with E-state index >= 15 is 0 Å². The van der Waals surface area contributed by atoms with Crippen LogP contribution in [0.5, 0.6) is 0 Å². The van der Waals surface area contributed by atoms with Gasteiger partial charge < -0.3 is 5.32 Å². The minimum Gasteiger partial charge on any atom is -0.312 e. The van der Waals surface area contributed by atoms with E-state index in [2.05, 4.69) is 29.1 Å². The molecule has 102 valence electrons. The second kappa shape index (κ2) is 6.46. The minimum absolute atomic E-state index is 0.651. The third kappa shape index (κ3) is 3.75. The van der Waals surface area contributed by atoms with Crippen LogP contribution in [0.1, 0.15) is 24.4 Å². The predicted molar refractivity (Wildman–Crippen MR) is 81.6 cm³/mol. The van der Waals surface area contributed by atoms with Crippen LogP contribution in [0.4, 0.5) is 0 Å². The average molecular weight is 296 g/mol. The van der Waals surface area contributed by atoms with Gasteiger partial charge in [-0.3, -0.25) is 4.98 Å². The van der Waals surface area contributed by atoms with Crippen LogP contribution in [0, 0.1) is 12.8 Å². The summed E-state index contributed by atoms with van der Waals surface area (Å²) in [5, 5.41) is 4.98. The Morgan fingerprint density at radius 2 is 2.21 bits per heavy atom. The lowest BCUT2D eigenvalue weighted by Gasteiger charge is -2.05. The summed E-state index contributed by atoms with van der Waals surface area (Å²) >= 11 is 7.81. The number of hydrogen-bond donors (Lipinski definition) is 1. The Balaban J connectivity index is 2.15. The SMILES string of the molecule is Cc1nc(-c2ncccc2Cl)sc1CNCC(C)C. The van der Waals surface area contributed by atoms with Gasteiger partial charge in [0.1, 0.15) is 10.7 Å². The average Bonchev–Trinajstić information content (AvgIpc) is 2.71. The zero-order valence-corrected chi connectivity index (χ0v) is 13.0. The summed E-state index contributed by atoms with van der Waals surface area (Å²) in [4.78, 5) is 10.1. The Morgan fingerprint density at radius 1 is 1.42 bits per heavy atom. The second-order valence-corrected chi connectivity index (χ2v) is 6.38. The van der Waals surface area contributed by atoms with Crippen LogP contribution in [-0.4, -0.2) is 16.5 Å². The van der Waals surface area contributed by atoms with E-state index in [-0.39, 0.29) is 0 Å². The molecule has 2 rings (SSSR count). The molecule has 2 heterocycles. The molecule has 0 aromatic carbocycles. The lowest BCUT2D eigenvalue weighted by Crippen LogP contribution is -2.18. The fraction of sp³-hybridized carbons (Fsp3) is 0.429. The number of pyridine rings is 1. The van der Waals surface area contributed by atoms with Crippen LogP contribution in [0.2, 0.25) is 5.02 Å². The smallest absolute Gasteiger partial charge is 0.143 e. The molecule has 0 atom stereocenters. The Labute approximate surface area is 123 Å². The number of aromatic nitrogens is 2. The summed E-state index contributed by atoms with van der Waals surface area (Å²) in [5.41, 5.74) is 1.82. The highest BCUT2D eigenvalue weighted by atomic mass is 35.5. The van der Waals surface area contributed by atoms with Gasteiger partial charge in [-0.1, -0.05) is 25.4 Å². The van der Waals surface area contributed by atoms with Gasteiger partial charge in [0.15, 0.2) is 0 Å². The number of rotatable bonds is 5. The van der Waals surface area contributed by atoms with Crippen LogP contribution in [0.15, 0.2) is 18.3 Å². The first-order valence-corrected chi connectivity index (χ1v) is 7.55. The number of nitrogens with zero attached hydrogens (tertiary/aromatic N) is 2. The predicted octanol–water partition coefficient (Wildman–Crippen LogP) is 3.91. The van der Waals surface area contributed by atoms with Gasteiger partial charge in [-0.15, -0.1) is 11.3 Å². The number of thiazole rings is 1. The molecule has 3 nitrogen and oxygen atoms in total. The van der Waals surface area contributed by atoms with Crippen LogP contribution in [-0.2, 0) is 6.54 Å². The molecule has 0 aliphatic rings. The van der Waals surface area contributed by atoms with E-state index in [1.54, 1.807) is 17.5 Å². The summed E-state index contributed by atoms with van der Waals surface area (Å²) < 4.78 is 0. The van der Waals surface area contributed by atoms with Crippen LogP contribution in [0.3, 0.4) is 0 Å². The topological polar surface area (TPSA) is 37.8 Å². The third-order valence-electron chi connectivity index (χ3n) is 2.69. The van der Waals surface area contributed by atoms with E-state index in [1.165, 1.54) is 4.88 Å².